The number of hydrogen-bond donors (Lipinski definition) is 0. The van der Waals surface area contributed by atoms with E-state index >= 15 is 0 Å². The molecule has 1 fully saturated rings. The zero-order valence-corrected chi connectivity index (χ0v) is 12.7. The van der Waals surface area contributed by atoms with Gasteiger partial charge in [-0.05, 0) is 30.9 Å². The van der Waals surface area contributed by atoms with Crippen LogP contribution in [0, 0.1) is 5.92 Å². The fourth-order valence-electron chi connectivity index (χ4n) is 2.12. The highest BCUT2D eigenvalue weighted by Gasteiger charge is 2.36. The number of alkyl halides is 1. The average Bonchev–Trinajstić information content (AvgIpc) is 2.90. The number of amides is 1. The highest BCUT2D eigenvalue weighted by atomic mass is 79.9. The first kappa shape index (κ1) is 13.7. The van der Waals surface area contributed by atoms with Crippen molar-refractivity contribution in [2.75, 3.05) is 7.05 Å². The minimum atomic E-state index is -0.0969. The van der Waals surface area contributed by atoms with Crippen molar-refractivity contribution in [2.45, 2.75) is 44.0 Å². The molecule has 0 aromatic carbocycles. The molecule has 3 unspecified atom stereocenters. The maximum absolute atomic E-state index is 11.9. The molecule has 0 saturated heterocycles. The Labute approximate surface area is 117 Å². The molecule has 18 heavy (non-hydrogen) atoms. The van der Waals surface area contributed by atoms with Crippen LogP contribution in [-0.4, -0.2) is 22.7 Å². The number of nitrogens with zero attached hydrogens (tertiary/aromatic N) is 1. The summed E-state index contributed by atoms with van der Waals surface area (Å²) >= 11 is 3.38. The Morgan fingerprint density at radius 2 is 2.28 bits per heavy atom. The Kier molecular flexibility index (Phi) is 4.15. The SMILES string of the molecule is CCC(Br)C(=O)N(C)Cc1ccc(C2CC2C)o1. The van der Waals surface area contributed by atoms with E-state index in [1.54, 1.807) is 4.90 Å². The maximum atomic E-state index is 11.9. The Balaban J connectivity index is 1.92. The lowest BCUT2D eigenvalue weighted by Crippen LogP contribution is -2.32. The molecule has 1 saturated carbocycles. The molecule has 3 atom stereocenters. The van der Waals surface area contributed by atoms with E-state index < -0.39 is 0 Å². The monoisotopic (exact) mass is 313 g/mol. The van der Waals surface area contributed by atoms with Crippen molar-refractivity contribution >= 4 is 21.8 Å². The highest BCUT2D eigenvalue weighted by Crippen LogP contribution is 2.47. The van der Waals surface area contributed by atoms with E-state index in [1.807, 2.05) is 26.1 Å². The van der Waals surface area contributed by atoms with Crippen molar-refractivity contribution in [2.24, 2.45) is 5.92 Å². The van der Waals surface area contributed by atoms with E-state index in [0.717, 1.165) is 23.9 Å². The predicted molar refractivity (Wildman–Crippen MR) is 74.7 cm³/mol. The van der Waals surface area contributed by atoms with E-state index in [4.69, 9.17) is 4.42 Å². The molecule has 1 aromatic heterocycles. The van der Waals surface area contributed by atoms with E-state index in [0.29, 0.717) is 12.5 Å². The van der Waals surface area contributed by atoms with Gasteiger partial charge in [0.1, 0.15) is 11.5 Å². The topological polar surface area (TPSA) is 33.5 Å². The van der Waals surface area contributed by atoms with Crippen LogP contribution in [0.3, 0.4) is 0 Å². The van der Waals surface area contributed by atoms with Crippen LogP contribution in [-0.2, 0) is 11.3 Å². The lowest BCUT2D eigenvalue weighted by atomic mass is 10.2. The third-order valence-electron chi connectivity index (χ3n) is 3.55. The first-order chi connectivity index (χ1) is 8.52. The van der Waals surface area contributed by atoms with Crippen LogP contribution in [0.5, 0.6) is 0 Å². The first-order valence-electron chi connectivity index (χ1n) is 6.50. The molecule has 0 spiro atoms. The number of furan rings is 1. The Morgan fingerprint density at radius 3 is 2.83 bits per heavy atom. The van der Waals surface area contributed by atoms with E-state index in [9.17, 15) is 4.79 Å². The van der Waals surface area contributed by atoms with Crippen LogP contribution < -0.4 is 0 Å². The van der Waals surface area contributed by atoms with E-state index in [2.05, 4.69) is 22.9 Å². The van der Waals surface area contributed by atoms with Gasteiger partial charge in [-0.25, -0.2) is 0 Å². The molecule has 1 aliphatic rings. The standard InChI is InChI=1S/C14H20BrNO2/c1-4-12(15)14(17)16(3)8-10-5-6-13(18-10)11-7-9(11)2/h5-6,9,11-12H,4,7-8H2,1-3H3. The van der Waals surface area contributed by atoms with Gasteiger partial charge in [0.2, 0.25) is 5.91 Å². The summed E-state index contributed by atoms with van der Waals surface area (Å²) in [7, 11) is 1.81. The minimum absolute atomic E-state index is 0.0969. The van der Waals surface area contributed by atoms with Crippen molar-refractivity contribution in [3.05, 3.63) is 23.7 Å². The molecule has 0 radical (unpaired) electrons. The zero-order chi connectivity index (χ0) is 13.3. The van der Waals surface area contributed by atoms with Gasteiger partial charge in [-0.1, -0.05) is 29.8 Å². The van der Waals surface area contributed by atoms with Crippen molar-refractivity contribution in [3.63, 3.8) is 0 Å². The molecule has 1 amide bonds. The van der Waals surface area contributed by atoms with Crippen LogP contribution in [0.4, 0.5) is 0 Å². The minimum Gasteiger partial charge on any atom is -0.464 e. The third-order valence-corrected chi connectivity index (χ3v) is 4.59. The average molecular weight is 314 g/mol. The summed E-state index contributed by atoms with van der Waals surface area (Å²) in [5.74, 6) is 3.39. The second kappa shape index (κ2) is 5.47. The lowest BCUT2D eigenvalue weighted by Gasteiger charge is -2.18. The molecule has 2 rings (SSSR count). The van der Waals surface area contributed by atoms with E-state index in [1.165, 1.54) is 6.42 Å². The molecule has 3 nitrogen and oxygen atoms in total. The number of hydrogen-bond acceptors (Lipinski definition) is 2. The van der Waals surface area contributed by atoms with Gasteiger partial charge < -0.3 is 9.32 Å². The largest absolute Gasteiger partial charge is 0.464 e. The van der Waals surface area contributed by atoms with Gasteiger partial charge in [0.15, 0.2) is 0 Å². The first-order valence-corrected chi connectivity index (χ1v) is 7.42. The van der Waals surface area contributed by atoms with Crippen molar-refractivity contribution in [1.82, 2.24) is 4.90 Å². The van der Waals surface area contributed by atoms with Gasteiger partial charge in [-0.15, -0.1) is 0 Å². The number of halogens is 1. The van der Waals surface area contributed by atoms with Gasteiger partial charge in [0.05, 0.1) is 11.4 Å². The normalized spacial score (nSPS) is 23.8. The second-order valence-electron chi connectivity index (χ2n) is 5.19. The summed E-state index contributed by atoms with van der Waals surface area (Å²) in [6.07, 6.45) is 2.02. The summed E-state index contributed by atoms with van der Waals surface area (Å²) < 4.78 is 5.80. The summed E-state index contributed by atoms with van der Waals surface area (Å²) in [6.45, 7) is 4.77. The molecular formula is C14H20BrNO2. The fraction of sp³-hybridized carbons (Fsp3) is 0.643. The molecular weight excluding hydrogens is 294 g/mol. The molecule has 4 heteroatoms. The van der Waals surface area contributed by atoms with Gasteiger partial charge in [0.25, 0.3) is 0 Å². The van der Waals surface area contributed by atoms with Gasteiger partial charge >= 0.3 is 0 Å². The summed E-state index contributed by atoms with van der Waals surface area (Å²) in [6, 6.07) is 4.03. The Bertz CT molecular complexity index is 429. The smallest absolute Gasteiger partial charge is 0.236 e. The fourth-order valence-corrected chi connectivity index (χ4v) is 2.47. The molecule has 1 aromatic rings. The molecule has 0 bridgehead atoms. The highest BCUT2D eigenvalue weighted by molar-refractivity contribution is 9.10. The second-order valence-corrected chi connectivity index (χ2v) is 6.30. The summed E-state index contributed by atoms with van der Waals surface area (Å²) in [5, 5.41) is 0. The molecule has 0 N–H and O–H groups in total. The van der Waals surface area contributed by atoms with Gasteiger partial charge in [-0.2, -0.15) is 0 Å². The van der Waals surface area contributed by atoms with Crippen LogP contribution in [0.25, 0.3) is 0 Å². The zero-order valence-electron chi connectivity index (χ0n) is 11.1. The third kappa shape index (κ3) is 2.97. The van der Waals surface area contributed by atoms with Crippen LogP contribution in [0.2, 0.25) is 0 Å². The van der Waals surface area contributed by atoms with Crippen molar-refractivity contribution in [1.29, 1.82) is 0 Å². The Hall–Kier alpha value is -0.770. The number of carbonyl (C=O) groups excluding carboxylic acids is 1. The number of rotatable bonds is 5. The van der Waals surface area contributed by atoms with Crippen molar-refractivity contribution in [3.8, 4) is 0 Å². The molecule has 1 heterocycles. The molecule has 0 aliphatic heterocycles. The molecule has 100 valence electrons. The predicted octanol–water partition coefficient (Wildman–Crippen LogP) is 3.53. The maximum Gasteiger partial charge on any atom is 0.236 e. The Morgan fingerprint density at radius 1 is 1.61 bits per heavy atom. The van der Waals surface area contributed by atoms with Crippen molar-refractivity contribution < 1.29 is 9.21 Å². The number of carbonyl (C=O) groups is 1. The van der Waals surface area contributed by atoms with Gasteiger partial charge in [0, 0.05) is 13.0 Å². The quantitative estimate of drug-likeness (QED) is 0.779. The molecule has 1 aliphatic carbocycles. The van der Waals surface area contributed by atoms with Crippen LogP contribution in [0.15, 0.2) is 16.5 Å². The van der Waals surface area contributed by atoms with Crippen LogP contribution >= 0.6 is 15.9 Å². The van der Waals surface area contributed by atoms with Gasteiger partial charge in [-0.3, -0.25) is 4.79 Å². The van der Waals surface area contributed by atoms with E-state index in [-0.39, 0.29) is 10.7 Å². The summed E-state index contributed by atoms with van der Waals surface area (Å²) in [5.41, 5.74) is 0. The van der Waals surface area contributed by atoms with Crippen LogP contribution in [0.1, 0.15) is 44.1 Å². The summed E-state index contributed by atoms with van der Waals surface area (Å²) in [4.78, 5) is 13.5. The lowest BCUT2D eigenvalue weighted by molar-refractivity contribution is -0.129.